The van der Waals surface area contributed by atoms with Crippen LogP contribution in [0.3, 0.4) is 0 Å². The number of benzene rings is 4. The van der Waals surface area contributed by atoms with E-state index < -0.39 is 0 Å². The van der Waals surface area contributed by atoms with Gasteiger partial charge >= 0.3 is 0 Å². The standard InChI is InChI=1S/C30H23N2S/c1-18-17-22-28-24(13-8-14-25(28)33-21-10-5-4-6-11-21)32-23-12-7-9-20-15-16-31(3)30(27(20)23)26(19(18)2)29(22)32/h4-17H,1-3H3/q+1. The molecule has 0 spiro atoms. The third-order valence-corrected chi connectivity index (χ3v) is 8.22. The summed E-state index contributed by atoms with van der Waals surface area (Å²) in [6.45, 7) is 4.53. The molecule has 3 heteroatoms. The van der Waals surface area contributed by atoms with Crippen molar-refractivity contribution in [2.24, 2.45) is 7.05 Å². The fourth-order valence-electron chi connectivity index (χ4n) is 5.55. The third-order valence-electron chi connectivity index (χ3n) is 7.15. The van der Waals surface area contributed by atoms with Crippen LogP contribution in [0.1, 0.15) is 11.1 Å². The van der Waals surface area contributed by atoms with E-state index in [1.165, 1.54) is 69.9 Å². The number of aryl methyl sites for hydroxylation is 3. The molecule has 2 nitrogen and oxygen atoms in total. The smallest absolute Gasteiger partial charge is 0.224 e. The summed E-state index contributed by atoms with van der Waals surface area (Å²) >= 11 is 1.85. The molecule has 0 saturated carbocycles. The highest BCUT2D eigenvalue weighted by molar-refractivity contribution is 7.99. The Labute approximate surface area is 196 Å². The van der Waals surface area contributed by atoms with Crippen LogP contribution >= 0.6 is 11.8 Å². The second kappa shape index (κ2) is 6.72. The zero-order valence-electron chi connectivity index (χ0n) is 18.9. The van der Waals surface area contributed by atoms with Crippen molar-refractivity contribution in [2.75, 3.05) is 0 Å². The van der Waals surface area contributed by atoms with E-state index in [-0.39, 0.29) is 0 Å². The zero-order valence-corrected chi connectivity index (χ0v) is 19.7. The minimum absolute atomic E-state index is 1.27. The predicted molar refractivity (Wildman–Crippen MR) is 140 cm³/mol. The van der Waals surface area contributed by atoms with Gasteiger partial charge in [0.15, 0.2) is 6.20 Å². The van der Waals surface area contributed by atoms with Crippen LogP contribution < -0.4 is 4.57 Å². The predicted octanol–water partition coefficient (Wildman–Crippen LogP) is 7.58. The monoisotopic (exact) mass is 443 g/mol. The van der Waals surface area contributed by atoms with Gasteiger partial charge < -0.3 is 4.40 Å². The molecule has 0 radical (unpaired) electrons. The topological polar surface area (TPSA) is 8.29 Å². The molecule has 0 unspecified atom stereocenters. The van der Waals surface area contributed by atoms with Gasteiger partial charge in [0.2, 0.25) is 5.52 Å². The quantitative estimate of drug-likeness (QED) is 0.152. The van der Waals surface area contributed by atoms with Crippen LogP contribution in [-0.4, -0.2) is 4.40 Å². The summed E-state index contributed by atoms with van der Waals surface area (Å²) in [5, 5.41) is 6.68. The van der Waals surface area contributed by atoms with Gasteiger partial charge in [0.05, 0.1) is 27.3 Å². The van der Waals surface area contributed by atoms with Crippen molar-refractivity contribution in [2.45, 2.75) is 23.6 Å². The van der Waals surface area contributed by atoms with E-state index in [1.54, 1.807) is 0 Å². The van der Waals surface area contributed by atoms with Crippen molar-refractivity contribution in [3.05, 3.63) is 96.2 Å². The maximum atomic E-state index is 2.51. The van der Waals surface area contributed by atoms with E-state index in [1.807, 2.05) is 11.8 Å². The Balaban J connectivity index is 1.78. The fraction of sp³-hybridized carbons (Fsp3) is 0.100. The van der Waals surface area contributed by atoms with Crippen molar-refractivity contribution in [3.63, 3.8) is 0 Å². The van der Waals surface area contributed by atoms with E-state index in [0.29, 0.717) is 0 Å². The lowest BCUT2D eigenvalue weighted by molar-refractivity contribution is -0.643. The first-order chi connectivity index (χ1) is 16.1. The third kappa shape index (κ3) is 2.49. The van der Waals surface area contributed by atoms with E-state index in [4.69, 9.17) is 0 Å². The van der Waals surface area contributed by atoms with Crippen molar-refractivity contribution in [1.82, 2.24) is 4.40 Å². The van der Waals surface area contributed by atoms with E-state index in [9.17, 15) is 0 Å². The largest absolute Gasteiger partial charge is 0.307 e. The van der Waals surface area contributed by atoms with Gasteiger partial charge in [0.1, 0.15) is 7.05 Å². The van der Waals surface area contributed by atoms with Crippen molar-refractivity contribution < 1.29 is 4.57 Å². The molecule has 0 atom stereocenters. The lowest BCUT2D eigenvalue weighted by Gasteiger charge is -2.13. The second-order valence-corrected chi connectivity index (χ2v) is 10.1. The van der Waals surface area contributed by atoms with Gasteiger partial charge in [-0.3, -0.25) is 0 Å². The second-order valence-electron chi connectivity index (χ2n) is 9.01. The number of hydrogen-bond donors (Lipinski definition) is 0. The maximum absolute atomic E-state index is 2.51. The number of hydrogen-bond acceptors (Lipinski definition) is 1. The van der Waals surface area contributed by atoms with Crippen LogP contribution in [0.4, 0.5) is 0 Å². The van der Waals surface area contributed by atoms with Crippen LogP contribution in [0, 0.1) is 13.8 Å². The van der Waals surface area contributed by atoms with Crippen molar-refractivity contribution >= 4 is 60.8 Å². The number of aromatic nitrogens is 2. The Hall–Kier alpha value is -3.56. The average Bonchev–Trinajstić information content (AvgIpc) is 3.16. The molecular formula is C30H23N2S+. The molecule has 0 bridgehead atoms. The van der Waals surface area contributed by atoms with Crippen molar-refractivity contribution in [1.29, 1.82) is 0 Å². The average molecular weight is 444 g/mol. The van der Waals surface area contributed by atoms with Gasteiger partial charge in [-0.25, -0.2) is 4.57 Å². The molecule has 0 aliphatic heterocycles. The molecule has 0 aliphatic rings. The summed E-state index contributed by atoms with van der Waals surface area (Å²) in [6, 6.07) is 28.8. The molecule has 0 fully saturated rings. The summed E-state index contributed by atoms with van der Waals surface area (Å²) < 4.78 is 4.81. The minimum Gasteiger partial charge on any atom is -0.307 e. The van der Waals surface area contributed by atoms with Gasteiger partial charge in [-0.1, -0.05) is 48.2 Å². The summed E-state index contributed by atoms with van der Waals surface area (Å²) in [5.41, 5.74) is 7.91. The maximum Gasteiger partial charge on any atom is 0.224 e. The van der Waals surface area contributed by atoms with Crippen LogP contribution in [0.5, 0.6) is 0 Å². The molecule has 33 heavy (non-hydrogen) atoms. The van der Waals surface area contributed by atoms with Gasteiger partial charge in [0.25, 0.3) is 0 Å². The van der Waals surface area contributed by atoms with E-state index >= 15 is 0 Å². The molecule has 0 aliphatic carbocycles. The summed E-state index contributed by atoms with van der Waals surface area (Å²) in [7, 11) is 2.17. The number of fused-ring (bicyclic) bond motifs is 5. The lowest BCUT2D eigenvalue weighted by Crippen LogP contribution is -2.29. The summed E-state index contributed by atoms with van der Waals surface area (Å²) in [6.07, 6.45) is 2.20. The number of pyridine rings is 2. The van der Waals surface area contributed by atoms with E-state index in [0.717, 1.165) is 0 Å². The molecule has 0 saturated heterocycles. The number of rotatable bonds is 2. The lowest BCUT2D eigenvalue weighted by atomic mass is 9.96. The molecule has 0 amide bonds. The Morgan fingerprint density at radius 3 is 2.33 bits per heavy atom. The zero-order chi connectivity index (χ0) is 22.3. The number of nitrogens with zero attached hydrogens (tertiary/aromatic N) is 2. The molecule has 7 rings (SSSR count). The first-order valence-corrected chi connectivity index (χ1v) is 12.2. The first-order valence-electron chi connectivity index (χ1n) is 11.4. The Morgan fingerprint density at radius 2 is 1.52 bits per heavy atom. The first kappa shape index (κ1) is 19.0. The fourth-order valence-corrected chi connectivity index (χ4v) is 6.56. The molecule has 0 N–H and O–H groups in total. The normalized spacial score (nSPS) is 12.2. The van der Waals surface area contributed by atoms with Crippen LogP contribution in [0.2, 0.25) is 0 Å². The SMILES string of the molecule is Cc1cc2c3c(Sc4ccccc4)cccc3n3c4cccc5cc[n+](C)c(c(c1C)c23)c54. The molecule has 4 aromatic carbocycles. The summed E-state index contributed by atoms with van der Waals surface area (Å²) in [4.78, 5) is 2.57. The molecule has 3 aromatic heterocycles. The van der Waals surface area contributed by atoms with Gasteiger partial charge in [-0.2, -0.15) is 0 Å². The molecule has 7 aromatic rings. The van der Waals surface area contributed by atoms with Crippen LogP contribution in [-0.2, 0) is 7.05 Å². The van der Waals surface area contributed by atoms with Gasteiger partial charge in [-0.05, 0) is 66.8 Å². The Bertz CT molecular complexity index is 1860. The minimum atomic E-state index is 1.27. The van der Waals surface area contributed by atoms with E-state index in [2.05, 4.69) is 115 Å². The van der Waals surface area contributed by atoms with Crippen LogP contribution in [0.15, 0.2) is 94.9 Å². The van der Waals surface area contributed by atoms with Crippen molar-refractivity contribution in [3.8, 4) is 0 Å². The highest BCUT2D eigenvalue weighted by Gasteiger charge is 2.25. The highest BCUT2D eigenvalue weighted by atomic mass is 32.2. The Morgan fingerprint density at radius 1 is 0.758 bits per heavy atom. The van der Waals surface area contributed by atoms with Gasteiger partial charge in [-0.15, -0.1) is 0 Å². The van der Waals surface area contributed by atoms with Crippen LogP contribution in [0.25, 0.3) is 49.0 Å². The molecule has 3 heterocycles. The Kier molecular flexibility index (Phi) is 3.86. The summed E-state index contributed by atoms with van der Waals surface area (Å²) in [5.74, 6) is 0. The highest BCUT2D eigenvalue weighted by Crippen LogP contribution is 2.45. The van der Waals surface area contributed by atoms with Gasteiger partial charge in [0, 0.05) is 26.6 Å². The molecule has 158 valence electrons. The molecular weight excluding hydrogens is 420 g/mol.